The maximum Gasteiger partial charge on any atom is 0.342 e. The summed E-state index contributed by atoms with van der Waals surface area (Å²) in [6.07, 6.45) is -9.57. The third-order valence-corrected chi connectivity index (χ3v) is 3.58. The number of carbonyl (C=O) groups is 1. The molecule has 0 aromatic heterocycles. The van der Waals surface area contributed by atoms with E-state index in [4.69, 9.17) is 21.1 Å². The molecule has 0 radical (unpaired) electrons. The highest BCUT2D eigenvalue weighted by Gasteiger charge is 2.47. The second kappa shape index (κ2) is 10.2. The lowest BCUT2D eigenvalue weighted by Gasteiger charge is -2.42. The summed E-state index contributed by atoms with van der Waals surface area (Å²) in [5.41, 5.74) is 0. The molecule has 0 aliphatic carbocycles. The Labute approximate surface area is 149 Å². The average Bonchev–Trinajstić information content (AvgIpc) is 2.56. The Hall–Kier alpha value is -1.08. The molecule has 1 aliphatic rings. The van der Waals surface area contributed by atoms with Crippen molar-refractivity contribution in [2.24, 2.45) is 11.2 Å². The van der Waals surface area contributed by atoms with E-state index in [0.717, 1.165) is 0 Å². The van der Waals surface area contributed by atoms with Crippen LogP contribution in [0.5, 0.6) is 0 Å². The predicted molar refractivity (Wildman–Crippen MR) is 85.2 cm³/mol. The number of urea groups is 1. The highest BCUT2D eigenvalue weighted by molar-refractivity contribution is 6.18. The van der Waals surface area contributed by atoms with Gasteiger partial charge in [-0.25, -0.2) is 4.79 Å². The summed E-state index contributed by atoms with van der Waals surface area (Å²) in [6.45, 7) is 3.70. The summed E-state index contributed by atoms with van der Waals surface area (Å²) in [5, 5.41) is 44.7. The van der Waals surface area contributed by atoms with Gasteiger partial charge in [-0.05, 0) is 5.92 Å². The summed E-state index contributed by atoms with van der Waals surface area (Å²) in [5.74, 6) is 0.0408. The molecule has 0 aromatic rings. The van der Waals surface area contributed by atoms with Crippen LogP contribution in [0, 0.1) is 10.8 Å². The number of halogens is 1. The van der Waals surface area contributed by atoms with Crippen molar-refractivity contribution in [3.8, 4) is 0 Å². The molecule has 2 amide bonds. The van der Waals surface area contributed by atoms with Crippen LogP contribution >= 0.6 is 11.6 Å². The molecule has 1 saturated heterocycles. The van der Waals surface area contributed by atoms with E-state index < -0.39 is 43.0 Å². The molecule has 0 aromatic carbocycles. The van der Waals surface area contributed by atoms with Crippen molar-refractivity contribution < 1.29 is 34.7 Å². The van der Waals surface area contributed by atoms with E-state index in [9.17, 15) is 30.1 Å². The fourth-order valence-corrected chi connectivity index (χ4v) is 2.26. The van der Waals surface area contributed by atoms with Crippen LogP contribution in [0.25, 0.3) is 0 Å². The molecule has 1 fully saturated rings. The number of aliphatic hydroxyl groups excluding tert-OH is 4. The Morgan fingerprint density at radius 1 is 1.32 bits per heavy atom. The number of hydrogen-bond acceptors (Lipinski definition) is 9. The third kappa shape index (κ3) is 5.99. The number of ether oxygens (including phenoxy) is 2. The summed E-state index contributed by atoms with van der Waals surface area (Å²) in [7, 11) is 0. The van der Waals surface area contributed by atoms with E-state index in [0.29, 0.717) is 5.01 Å². The summed E-state index contributed by atoms with van der Waals surface area (Å²) in [6, 6.07) is -1.07. The molecule has 12 heteroatoms. The fourth-order valence-electron chi connectivity index (χ4n) is 2.10. The molecule has 0 spiro atoms. The van der Waals surface area contributed by atoms with Crippen molar-refractivity contribution in [3.05, 3.63) is 4.91 Å². The molecule has 0 saturated carbocycles. The smallest absolute Gasteiger partial charge is 0.342 e. The van der Waals surface area contributed by atoms with Gasteiger partial charge in [0.2, 0.25) is 0 Å². The van der Waals surface area contributed by atoms with Gasteiger partial charge in [0.15, 0.2) is 12.5 Å². The molecule has 1 rings (SSSR count). The molecular weight excluding hydrogens is 362 g/mol. The number of amides is 2. The Morgan fingerprint density at radius 3 is 2.48 bits per heavy atom. The van der Waals surface area contributed by atoms with Crippen LogP contribution in [0.4, 0.5) is 4.79 Å². The van der Waals surface area contributed by atoms with Crippen LogP contribution < -0.4 is 5.32 Å². The minimum atomic E-state index is -1.81. The van der Waals surface area contributed by atoms with Gasteiger partial charge in [-0.3, -0.25) is 0 Å². The molecule has 5 N–H and O–H groups in total. The number of nitrogens with zero attached hydrogens (tertiary/aromatic N) is 2. The van der Waals surface area contributed by atoms with Gasteiger partial charge in [-0.1, -0.05) is 13.8 Å². The Kier molecular flexibility index (Phi) is 8.93. The summed E-state index contributed by atoms with van der Waals surface area (Å²) < 4.78 is 10.6. The van der Waals surface area contributed by atoms with Crippen molar-refractivity contribution in [1.29, 1.82) is 0 Å². The lowest BCUT2D eigenvalue weighted by atomic mass is 9.98. The molecule has 1 unspecified atom stereocenters. The van der Waals surface area contributed by atoms with Crippen LogP contribution in [0.2, 0.25) is 0 Å². The standard InChI is InChI=1S/C13H24ClN3O8/c1-6(2)5-24-12-9(20)7(18)8(19)10(25-12)11(21)15-13(22)17(16-23)4-3-14/h6-12,18-21H,3-5H2,1-2H3,(H,15,22)/t7-,8-,9+,10-,11?,12-/m0/s1. The molecule has 146 valence electrons. The number of nitrogens with one attached hydrogen (secondary N) is 1. The zero-order valence-corrected chi connectivity index (χ0v) is 14.6. The second-order valence-corrected chi connectivity index (χ2v) is 6.33. The largest absolute Gasteiger partial charge is 0.387 e. The van der Waals surface area contributed by atoms with Crippen molar-refractivity contribution in [1.82, 2.24) is 10.3 Å². The van der Waals surface area contributed by atoms with Gasteiger partial charge < -0.3 is 35.2 Å². The number of rotatable bonds is 8. The number of hydrogen-bond donors (Lipinski definition) is 5. The number of nitroso groups, excluding NO2 is 1. The van der Waals surface area contributed by atoms with E-state index in [1.54, 1.807) is 0 Å². The van der Waals surface area contributed by atoms with E-state index >= 15 is 0 Å². The van der Waals surface area contributed by atoms with E-state index in [1.807, 2.05) is 19.2 Å². The van der Waals surface area contributed by atoms with Gasteiger partial charge in [0.1, 0.15) is 24.4 Å². The van der Waals surface area contributed by atoms with Crippen molar-refractivity contribution in [2.75, 3.05) is 19.0 Å². The van der Waals surface area contributed by atoms with Gasteiger partial charge in [0.05, 0.1) is 18.4 Å². The van der Waals surface area contributed by atoms with Gasteiger partial charge in [-0.15, -0.1) is 16.5 Å². The first-order valence-electron chi connectivity index (χ1n) is 7.69. The first-order chi connectivity index (χ1) is 11.7. The zero-order valence-electron chi connectivity index (χ0n) is 13.9. The van der Waals surface area contributed by atoms with Crippen molar-refractivity contribution in [3.63, 3.8) is 0 Å². The molecule has 1 aliphatic heterocycles. The van der Waals surface area contributed by atoms with Gasteiger partial charge in [0.25, 0.3) is 0 Å². The minimum Gasteiger partial charge on any atom is -0.387 e. The Bertz CT molecular complexity index is 443. The van der Waals surface area contributed by atoms with Crippen molar-refractivity contribution >= 4 is 17.6 Å². The summed E-state index contributed by atoms with van der Waals surface area (Å²) >= 11 is 5.42. The monoisotopic (exact) mass is 385 g/mol. The third-order valence-electron chi connectivity index (χ3n) is 3.41. The minimum absolute atomic E-state index is 0.0617. The van der Waals surface area contributed by atoms with Gasteiger partial charge in [-0.2, -0.15) is 5.01 Å². The Balaban J connectivity index is 2.75. The maximum absolute atomic E-state index is 11.8. The zero-order chi connectivity index (χ0) is 19.1. The van der Waals surface area contributed by atoms with Gasteiger partial charge in [0, 0.05) is 5.88 Å². The maximum atomic E-state index is 11.8. The normalized spacial score (nSPS) is 30.8. The van der Waals surface area contributed by atoms with E-state index in [-0.39, 0.29) is 24.9 Å². The first kappa shape index (κ1) is 22.0. The molecule has 6 atom stereocenters. The summed E-state index contributed by atoms with van der Waals surface area (Å²) in [4.78, 5) is 22.3. The molecule has 11 nitrogen and oxygen atoms in total. The highest BCUT2D eigenvalue weighted by Crippen LogP contribution is 2.24. The molecule has 0 bridgehead atoms. The highest BCUT2D eigenvalue weighted by atomic mass is 35.5. The van der Waals surface area contributed by atoms with Gasteiger partial charge >= 0.3 is 6.03 Å². The number of carbonyl (C=O) groups excluding carboxylic acids is 1. The van der Waals surface area contributed by atoms with Crippen LogP contribution in [0.1, 0.15) is 13.8 Å². The topological polar surface area (TPSA) is 161 Å². The lowest BCUT2D eigenvalue weighted by Crippen LogP contribution is -2.64. The van der Waals surface area contributed by atoms with E-state index in [2.05, 4.69) is 5.29 Å². The van der Waals surface area contributed by atoms with E-state index in [1.165, 1.54) is 0 Å². The molecule has 1 heterocycles. The number of aliphatic hydroxyl groups is 4. The quantitative estimate of drug-likeness (QED) is 0.149. The molecule has 25 heavy (non-hydrogen) atoms. The predicted octanol–water partition coefficient (Wildman–Crippen LogP) is -1.28. The average molecular weight is 386 g/mol. The Morgan fingerprint density at radius 2 is 1.96 bits per heavy atom. The lowest BCUT2D eigenvalue weighted by molar-refractivity contribution is -0.312. The number of alkyl halides is 1. The van der Waals surface area contributed by atoms with Crippen molar-refractivity contribution in [2.45, 2.75) is 50.8 Å². The fraction of sp³-hybridized carbons (Fsp3) is 0.923. The van der Waals surface area contributed by atoms with Crippen LogP contribution in [0.15, 0.2) is 5.29 Å². The second-order valence-electron chi connectivity index (χ2n) is 5.96. The van der Waals surface area contributed by atoms with Crippen LogP contribution in [-0.4, -0.2) is 87.4 Å². The van der Waals surface area contributed by atoms with Crippen LogP contribution in [0.3, 0.4) is 0 Å². The van der Waals surface area contributed by atoms with Crippen LogP contribution in [-0.2, 0) is 9.47 Å². The molecular formula is C13H24ClN3O8. The first-order valence-corrected chi connectivity index (χ1v) is 8.23. The SMILES string of the molecule is CC(C)CO[C@H]1O[C@H](C(O)NC(=O)N(CCCl)N=O)[C@@H](O)[C@H](O)[C@H]1O.